The van der Waals surface area contributed by atoms with Crippen molar-refractivity contribution in [1.82, 2.24) is 9.88 Å². The maximum absolute atomic E-state index is 13.3. The van der Waals surface area contributed by atoms with Gasteiger partial charge >= 0.3 is 0 Å². The summed E-state index contributed by atoms with van der Waals surface area (Å²) in [5, 5.41) is 1.43. The zero-order chi connectivity index (χ0) is 21.6. The number of fused-ring (bicyclic) bond motifs is 1. The Hall–Kier alpha value is -1.99. The van der Waals surface area contributed by atoms with Gasteiger partial charge in [0, 0.05) is 32.6 Å². The second-order valence-corrected chi connectivity index (χ2v) is 9.26. The van der Waals surface area contributed by atoms with E-state index in [1.807, 2.05) is 42.2 Å². The number of benzene rings is 2. The molecule has 1 aliphatic heterocycles. The number of thiazole rings is 1. The van der Waals surface area contributed by atoms with Crippen molar-refractivity contribution >= 4 is 44.2 Å². The molecule has 7 heteroatoms. The van der Waals surface area contributed by atoms with Crippen LogP contribution in [-0.2, 0) is 16.0 Å². The first kappa shape index (κ1) is 22.2. The fraction of sp³-hybridized carbons (Fsp3) is 0.417. The first-order chi connectivity index (χ1) is 15.1. The van der Waals surface area contributed by atoms with Crippen molar-refractivity contribution in [2.24, 2.45) is 0 Å². The van der Waals surface area contributed by atoms with E-state index in [2.05, 4.69) is 17.0 Å². The van der Waals surface area contributed by atoms with E-state index >= 15 is 0 Å². The normalized spacial score (nSPS) is 14.8. The minimum absolute atomic E-state index is 0.110. The van der Waals surface area contributed by atoms with Gasteiger partial charge in [-0.15, -0.1) is 0 Å². The van der Waals surface area contributed by atoms with Crippen LogP contribution >= 0.6 is 22.9 Å². The van der Waals surface area contributed by atoms with Crippen LogP contribution in [-0.4, -0.2) is 55.2 Å². The molecule has 1 aliphatic rings. The van der Waals surface area contributed by atoms with E-state index in [4.69, 9.17) is 21.3 Å². The van der Waals surface area contributed by atoms with Gasteiger partial charge in [0.1, 0.15) is 0 Å². The van der Waals surface area contributed by atoms with Crippen molar-refractivity contribution in [3.63, 3.8) is 0 Å². The van der Waals surface area contributed by atoms with Gasteiger partial charge in [-0.3, -0.25) is 14.6 Å². The Morgan fingerprint density at radius 2 is 1.97 bits per heavy atom. The SMILES string of the molecule is Cc1ccc(Cl)c2sc(N(CCCN3CCOCC3)C(=O)CCc3ccccc3)nc12. The number of aromatic nitrogens is 1. The van der Waals surface area contributed by atoms with Crippen LogP contribution in [0.2, 0.25) is 5.02 Å². The number of ether oxygens (including phenoxy) is 1. The summed E-state index contributed by atoms with van der Waals surface area (Å²) in [7, 11) is 0. The van der Waals surface area contributed by atoms with E-state index in [1.54, 1.807) is 0 Å². The number of hydrogen-bond donors (Lipinski definition) is 0. The van der Waals surface area contributed by atoms with Crippen LogP contribution in [0.3, 0.4) is 0 Å². The summed E-state index contributed by atoms with van der Waals surface area (Å²) >= 11 is 7.93. The minimum atomic E-state index is 0.110. The van der Waals surface area contributed by atoms with Crippen LogP contribution in [0, 0.1) is 6.92 Å². The van der Waals surface area contributed by atoms with Gasteiger partial charge in [0.05, 0.1) is 28.5 Å². The molecule has 1 saturated heterocycles. The molecular weight excluding hydrogens is 430 g/mol. The van der Waals surface area contributed by atoms with Gasteiger partial charge in [-0.2, -0.15) is 0 Å². The maximum Gasteiger partial charge on any atom is 0.229 e. The topological polar surface area (TPSA) is 45.7 Å². The molecule has 2 heterocycles. The molecule has 1 amide bonds. The number of halogens is 1. The van der Waals surface area contributed by atoms with E-state index in [1.165, 1.54) is 16.9 Å². The summed E-state index contributed by atoms with van der Waals surface area (Å²) in [6.07, 6.45) is 2.09. The molecule has 164 valence electrons. The first-order valence-electron chi connectivity index (χ1n) is 10.8. The number of anilines is 1. The van der Waals surface area contributed by atoms with E-state index < -0.39 is 0 Å². The predicted molar refractivity (Wildman–Crippen MR) is 128 cm³/mol. The second kappa shape index (κ2) is 10.6. The molecule has 31 heavy (non-hydrogen) atoms. The van der Waals surface area contributed by atoms with Gasteiger partial charge in [-0.1, -0.05) is 59.3 Å². The lowest BCUT2D eigenvalue weighted by molar-refractivity contribution is -0.118. The Morgan fingerprint density at radius 3 is 2.71 bits per heavy atom. The lowest BCUT2D eigenvalue weighted by Crippen LogP contribution is -2.39. The minimum Gasteiger partial charge on any atom is -0.379 e. The third-order valence-electron chi connectivity index (χ3n) is 5.65. The summed E-state index contributed by atoms with van der Waals surface area (Å²) in [4.78, 5) is 22.4. The molecule has 1 aromatic heterocycles. The van der Waals surface area contributed by atoms with E-state index in [9.17, 15) is 4.79 Å². The van der Waals surface area contributed by atoms with Gasteiger partial charge in [0.2, 0.25) is 5.91 Å². The lowest BCUT2D eigenvalue weighted by atomic mass is 10.1. The second-order valence-electron chi connectivity index (χ2n) is 7.88. The molecule has 1 fully saturated rings. The predicted octanol–water partition coefficient (Wildman–Crippen LogP) is 4.95. The van der Waals surface area contributed by atoms with Crippen molar-refractivity contribution in [1.29, 1.82) is 0 Å². The lowest BCUT2D eigenvalue weighted by Gasteiger charge is -2.27. The standard InChI is InChI=1S/C24H28ClN3O2S/c1-18-8-10-20(25)23-22(18)26-24(31-23)28(13-5-12-27-14-16-30-17-15-27)21(29)11-9-19-6-3-2-4-7-19/h2-4,6-8,10H,5,9,11-17H2,1H3. The summed E-state index contributed by atoms with van der Waals surface area (Å²) in [5.41, 5.74) is 3.14. The number of nitrogens with zero attached hydrogens (tertiary/aromatic N) is 3. The highest BCUT2D eigenvalue weighted by molar-refractivity contribution is 7.23. The molecule has 0 saturated carbocycles. The van der Waals surface area contributed by atoms with Gasteiger partial charge in [-0.25, -0.2) is 4.98 Å². The molecule has 3 aromatic rings. The molecule has 2 aromatic carbocycles. The molecule has 0 atom stereocenters. The monoisotopic (exact) mass is 457 g/mol. The highest BCUT2D eigenvalue weighted by atomic mass is 35.5. The summed E-state index contributed by atoms with van der Waals surface area (Å²) < 4.78 is 6.39. The van der Waals surface area contributed by atoms with Gasteiger partial charge < -0.3 is 4.74 Å². The number of carbonyl (C=O) groups is 1. The Balaban J connectivity index is 1.50. The molecule has 5 nitrogen and oxygen atoms in total. The van der Waals surface area contributed by atoms with Crippen LogP contribution in [0.1, 0.15) is 24.0 Å². The maximum atomic E-state index is 13.3. The van der Waals surface area contributed by atoms with Crippen molar-refractivity contribution < 1.29 is 9.53 Å². The average Bonchev–Trinajstić information content (AvgIpc) is 3.25. The van der Waals surface area contributed by atoms with Crippen molar-refractivity contribution in [3.05, 3.63) is 58.6 Å². The van der Waals surface area contributed by atoms with Crippen LogP contribution in [0.25, 0.3) is 10.2 Å². The molecular formula is C24H28ClN3O2S. The van der Waals surface area contributed by atoms with E-state index in [0.29, 0.717) is 18.0 Å². The van der Waals surface area contributed by atoms with Crippen molar-refractivity contribution in [2.45, 2.75) is 26.2 Å². The quantitative estimate of drug-likeness (QED) is 0.480. The van der Waals surface area contributed by atoms with Crippen LogP contribution in [0.15, 0.2) is 42.5 Å². The molecule has 0 N–H and O–H groups in total. The Kier molecular flexibility index (Phi) is 7.56. The van der Waals surface area contributed by atoms with Crippen molar-refractivity contribution in [2.75, 3.05) is 44.3 Å². The van der Waals surface area contributed by atoms with Crippen LogP contribution < -0.4 is 4.90 Å². The third-order valence-corrected chi connectivity index (χ3v) is 7.19. The largest absolute Gasteiger partial charge is 0.379 e. The Bertz CT molecular complexity index is 979. The first-order valence-corrected chi connectivity index (χ1v) is 12.0. The van der Waals surface area contributed by atoms with Crippen molar-refractivity contribution in [3.8, 4) is 0 Å². The number of amides is 1. The highest BCUT2D eigenvalue weighted by Gasteiger charge is 2.21. The van der Waals surface area contributed by atoms with E-state index in [0.717, 1.165) is 66.6 Å². The molecule has 0 unspecified atom stereocenters. The fourth-order valence-corrected chi connectivity index (χ4v) is 5.20. The zero-order valence-electron chi connectivity index (χ0n) is 17.8. The molecule has 0 bridgehead atoms. The number of morpholine rings is 1. The fourth-order valence-electron chi connectivity index (χ4n) is 3.84. The summed E-state index contributed by atoms with van der Waals surface area (Å²) in [6, 6.07) is 14.0. The Labute approximate surface area is 192 Å². The average molecular weight is 458 g/mol. The number of aryl methyl sites for hydroxylation is 2. The van der Waals surface area contributed by atoms with Crippen LogP contribution in [0.4, 0.5) is 5.13 Å². The van der Waals surface area contributed by atoms with Gasteiger partial charge in [0.15, 0.2) is 5.13 Å². The highest BCUT2D eigenvalue weighted by Crippen LogP contribution is 2.36. The molecule has 0 aliphatic carbocycles. The number of rotatable bonds is 8. The third kappa shape index (κ3) is 5.63. The molecule has 0 radical (unpaired) electrons. The van der Waals surface area contributed by atoms with Gasteiger partial charge in [-0.05, 0) is 37.0 Å². The van der Waals surface area contributed by atoms with Gasteiger partial charge in [0.25, 0.3) is 0 Å². The number of hydrogen-bond acceptors (Lipinski definition) is 5. The Morgan fingerprint density at radius 1 is 1.19 bits per heavy atom. The number of carbonyl (C=O) groups excluding carboxylic acids is 1. The molecule has 0 spiro atoms. The summed E-state index contributed by atoms with van der Waals surface area (Å²) in [5.74, 6) is 0.110. The summed E-state index contributed by atoms with van der Waals surface area (Å²) in [6.45, 7) is 7.13. The molecule has 4 rings (SSSR count). The zero-order valence-corrected chi connectivity index (χ0v) is 19.4. The smallest absolute Gasteiger partial charge is 0.229 e. The van der Waals surface area contributed by atoms with E-state index in [-0.39, 0.29) is 5.91 Å². The van der Waals surface area contributed by atoms with Crippen LogP contribution in [0.5, 0.6) is 0 Å².